The average molecular weight is 452 g/mol. The maximum Gasteiger partial charge on any atom is 0.409 e. The molecule has 1 rings (SSSR count). The molecule has 1 atom stereocenters. The molecule has 0 saturated carbocycles. The summed E-state index contributed by atoms with van der Waals surface area (Å²) in [5.74, 6) is 0.176. The number of hydrogen-bond acceptors (Lipinski definition) is 5. The Morgan fingerprint density at radius 3 is 2.16 bits per heavy atom. The van der Waals surface area contributed by atoms with Gasteiger partial charge in [-0.1, -0.05) is 45.7 Å². The van der Waals surface area contributed by atoms with Gasteiger partial charge in [-0.15, -0.1) is 0 Å². The number of hydrogen-bond donors (Lipinski definition) is 1. The Morgan fingerprint density at radius 2 is 1.62 bits per heavy atom. The quantitative estimate of drug-likeness (QED) is 0.352. The molecule has 7 heteroatoms. The first-order chi connectivity index (χ1) is 15.4. The highest BCUT2D eigenvalue weighted by Gasteiger charge is 2.20. The molecule has 0 saturated heterocycles. The largest absolute Gasteiger partial charge is 0.492 e. The minimum Gasteiger partial charge on any atom is -0.492 e. The third-order valence-electron chi connectivity index (χ3n) is 5.18. The van der Waals surface area contributed by atoms with Gasteiger partial charge in [0, 0.05) is 19.6 Å². The van der Waals surface area contributed by atoms with Crippen LogP contribution in [0.1, 0.15) is 65.4 Å². The van der Waals surface area contributed by atoms with Crippen molar-refractivity contribution < 1.29 is 28.9 Å². The molecule has 0 spiro atoms. The lowest BCUT2D eigenvalue weighted by molar-refractivity contribution is -0.149. The Labute approximate surface area is 193 Å². The van der Waals surface area contributed by atoms with Gasteiger partial charge in [-0.2, -0.15) is 0 Å². The molecule has 0 aliphatic rings. The molecular formula is C25H41NO6. The predicted octanol–water partition coefficient (Wildman–Crippen LogP) is 5.16. The van der Waals surface area contributed by atoms with Gasteiger partial charge in [0.05, 0.1) is 13.2 Å². The van der Waals surface area contributed by atoms with Crippen molar-refractivity contribution in [3.63, 3.8) is 0 Å². The van der Waals surface area contributed by atoms with Crippen molar-refractivity contribution in [3.05, 3.63) is 29.8 Å². The van der Waals surface area contributed by atoms with Crippen LogP contribution in [-0.4, -0.2) is 61.1 Å². The zero-order valence-corrected chi connectivity index (χ0v) is 20.2. The fourth-order valence-electron chi connectivity index (χ4n) is 3.62. The average Bonchev–Trinajstić information content (AvgIpc) is 2.77. The molecule has 1 aromatic carbocycles. The number of carbonyl (C=O) groups is 2. The van der Waals surface area contributed by atoms with E-state index in [-0.39, 0.29) is 6.09 Å². The van der Waals surface area contributed by atoms with Gasteiger partial charge in [0.15, 0.2) is 6.10 Å². The fraction of sp³-hybridized carbons (Fsp3) is 0.680. The van der Waals surface area contributed by atoms with Gasteiger partial charge in [0.1, 0.15) is 12.4 Å². The van der Waals surface area contributed by atoms with Crippen LogP contribution < -0.4 is 4.74 Å². The summed E-state index contributed by atoms with van der Waals surface area (Å²) >= 11 is 0. The second-order valence-electron chi connectivity index (χ2n) is 7.98. The number of nitrogens with zero attached hydrogens (tertiary/aromatic N) is 1. The molecule has 0 aliphatic carbocycles. The standard InChI is InChI=1S/C25H41NO6/c1-5-9-21(10-6-2)19-26(25(29)32-16-7-3)15-17-31-22-13-11-20(12-14-22)18-23(24(27)28)30-8-4/h11-14,21,23H,5-10,15-19H2,1-4H3,(H,27,28). The maximum atomic E-state index is 12.5. The molecule has 0 heterocycles. The van der Waals surface area contributed by atoms with Gasteiger partial charge in [0.25, 0.3) is 0 Å². The van der Waals surface area contributed by atoms with Crippen molar-refractivity contribution >= 4 is 12.1 Å². The number of amides is 1. The molecule has 32 heavy (non-hydrogen) atoms. The summed E-state index contributed by atoms with van der Waals surface area (Å²) < 4.78 is 16.5. The third-order valence-corrected chi connectivity index (χ3v) is 5.18. The van der Waals surface area contributed by atoms with E-state index in [4.69, 9.17) is 14.2 Å². The van der Waals surface area contributed by atoms with E-state index in [9.17, 15) is 14.7 Å². The summed E-state index contributed by atoms with van der Waals surface area (Å²) in [5.41, 5.74) is 0.866. The molecule has 0 radical (unpaired) electrons. The van der Waals surface area contributed by atoms with E-state index < -0.39 is 12.1 Å². The first kappa shape index (κ1) is 27.8. The number of rotatable bonds is 17. The highest BCUT2D eigenvalue weighted by Crippen LogP contribution is 2.17. The second-order valence-corrected chi connectivity index (χ2v) is 7.98. The van der Waals surface area contributed by atoms with Crippen LogP contribution in [0.15, 0.2) is 24.3 Å². The van der Waals surface area contributed by atoms with Crippen LogP contribution in [0.5, 0.6) is 5.75 Å². The number of aliphatic carboxylic acids is 1. The molecule has 0 fully saturated rings. The third kappa shape index (κ3) is 10.8. The van der Waals surface area contributed by atoms with E-state index in [2.05, 4.69) is 13.8 Å². The molecule has 1 unspecified atom stereocenters. The molecule has 7 nitrogen and oxygen atoms in total. The molecule has 0 aromatic heterocycles. The lowest BCUT2D eigenvalue weighted by Crippen LogP contribution is -2.39. The van der Waals surface area contributed by atoms with E-state index in [0.717, 1.165) is 37.7 Å². The summed E-state index contributed by atoms with van der Waals surface area (Å²) in [6.07, 6.45) is 4.33. The summed E-state index contributed by atoms with van der Waals surface area (Å²) in [4.78, 5) is 25.5. The molecule has 0 bridgehead atoms. The Hall–Kier alpha value is -2.28. The van der Waals surface area contributed by atoms with Crippen molar-refractivity contribution in [3.8, 4) is 5.75 Å². The van der Waals surface area contributed by atoms with Crippen LogP contribution in [0.25, 0.3) is 0 Å². The summed E-state index contributed by atoms with van der Waals surface area (Å²) in [6.45, 7) is 10.4. The fourth-order valence-corrected chi connectivity index (χ4v) is 3.62. The topological polar surface area (TPSA) is 85.3 Å². The lowest BCUT2D eigenvalue weighted by atomic mass is 9.98. The van der Waals surface area contributed by atoms with Gasteiger partial charge < -0.3 is 24.2 Å². The summed E-state index contributed by atoms with van der Waals surface area (Å²) in [7, 11) is 0. The highest BCUT2D eigenvalue weighted by atomic mass is 16.6. The smallest absolute Gasteiger partial charge is 0.409 e. The Morgan fingerprint density at radius 1 is 0.969 bits per heavy atom. The molecule has 182 valence electrons. The monoisotopic (exact) mass is 451 g/mol. The normalized spacial score (nSPS) is 11.9. The van der Waals surface area contributed by atoms with Crippen LogP contribution >= 0.6 is 0 Å². The molecule has 0 aliphatic heterocycles. The molecule has 1 aromatic rings. The van der Waals surface area contributed by atoms with Crippen LogP contribution in [-0.2, 0) is 20.7 Å². The SMILES string of the molecule is CCCOC(=O)N(CCOc1ccc(CC(OCC)C(=O)O)cc1)CC(CCC)CCC. The van der Waals surface area contributed by atoms with Crippen molar-refractivity contribution in [2.45, 2.75) is 72.3 Å². The summed E-state index contributed by atoms with van der Waals surface area (Å²) in [6, 6.07) is 7.32. The number of carboxylic acids is 1. The summed E-state index contributed by atoms with van der Waals surface area (Å²) in [5, 5.41) is 9.22. The molecule has 1 N–H and O–H groups in total. The van der Waals surface area contributed by atoms with Gasteiger partial charge in [-0.05, 0) is 49.8 Å². The van der Waals surface area contributed by atoms with E-state index in [1.165, 1.54) is 0 Å². The zero-order chi connectivity index (χ0) is 23.8. The highest BCUT2D eigenvalue weighted by molar-refractivity contribution is 5.72. The van der Waals surface area contributed by atoms with E-state index >= 15 is 0 Å². The Bertz CT molecular complexity index is 642. The minimum atomic E-state index is -0.966. The first-order valence-electron chi connectivity index (χ1n) is 11.9. The Balaban J connectivity index is 2.65. The number of carbonyl (C=O) groups excluding carboxylic acids is 1. The number of benzene rings is 1. The maximum absolute atomic E-state index is 12.5. The van der Waals surface area contributed by atoms with E-state index in [1.54, 1.807) is 11.8 Å². The minimum absolute atomic E-state index is 0.279. The Kier molecular flexibility index (Phi) is 14.2. The first-order valence-corrected chi connectivity index (χ1v) is 11.9. The predicted molar refractivity (Wildman–Crippen MR) is 125 cm³/mol. The van der Waals surface area contributed by atoms with Crippen LogP contribution in [0.2, 0.25) is 0 Å². The molecule has 1 amide bonds. The molecular weight excluding hydrogens is 410 g/mol. The van der Waals surface area contributed by atoms with Crippen LogP contribution in [0, 0.1) is 5.92 Å². The number of carboxylic acid groups (broad SMARTS) is 1. The van der Waals surface area contributed by atoms with Gasteiger partial charge in [-0.3, -0.25) is 0 Å². The van der Waals surface area contributed by atoms with Crippen LogP contribution in [0.3, 0.4) is 0 Å². The lowest BCUT2D eigenvalue weighted by Gasteiger charge is -2.27. The zero-order valence-electron chi connectivity index (χ0n) is 20.2. The second kappa shape index (κ2) is 16.4. The van der Waals surface area contributed by atoms with E-state index in [1.807, 2.05) is 31.2 Å². The van der Waals surface area contributed by atoms with Gasteiger partial charge in [-0.25, -0.2) is 9.59 Å². The van der Waals surface area contributed by atoms with Crippen molar-refractivity contribution in [1.29, 1.82) is 0 Å². The van der Waals surface area contributed by atoms with Gasteiger partial charge in [0.2, 0.25) is 0 Å². The van der Waals surface area contributed by atoms with Gasteiger partial charge >= 0.3 is 12.1 Å². The van der Waals surface area contributed by atoms with Crippen molar-refractivity contribution in [1.82, 2.24) is 4.90 Å². The van der Waals surface area contributed by atoms with Crippen molar-refractivity contribution in [2.24, 2.45) is 5.92 Å². The van der Waals surface area contributed by atoms with Crippen molar-refractivity contribution in [2.75, 3.05) is 32.9 Å². The van der Waals surface area contributed by atoms with Crippen LogP contribution in [0.4, 0.5) is 4.79 Å². The number of ether oxygens (including phenoxy) is 3. The van der Waals surface area contributed by atoms with E-state index in [0.29, 0.717) is 51.0 Å².